The van der Waals surface area contributed by atoms with Crippen molar-refractivity contribution in [2.45, 2.75) is 19.3 Å². The Morgan fingerprint density at radius 2 is 2.16 bits per heavy atom. The molecule has 1 atom stereocenters. The third kappa shape index (κ3) is 4.46. The molecule has 2 fully saturated rings. The molecule has 3 heterocycles. The van der Waals surface area contributed by atoms with Crippen molar-refractivity contribution in [3.63, 3.8) is 0 Å². The third-order valence-corrected chi connectivity index (χ3v) is 5.46. The van der Waals surface area contributed by atoms with Gasteiger partial charge in [0.05, 0.1) is 26.0 Å². The van der Waals surface area contributed by atoms with Gasteiger partial charge in [0, 0.05) is 38.0 Å². The van der Waals surface area contributed by atoms with E-state index in [-0.39, 0.29) is 11.3 Å². The first-order valence-electron chi connectivity index (χ1n) is 8.98. The number of amides is 1. The van der Waals surface area contributed by atoms with Crippen molar-refractivity contribution in [2.75, 3.05) is 53.6 Å². The fourth-order valence-electron chi connectivity index (χ4n) is 3.88. The molecule has 0 aliphatic carbocycles. The highest BCUT2D eigenvalue weighted by Crippen LogP contribution is 2.44. The quantitative estimate of drug-likeness (QED) is 0.793. The Balaban J connectivity index is 1.58. The standard InChI is InChI=1S/C18H28N4O3/c1-21(2)12-17(23)22-8-3-18(4-9-22)5-10-24-13-15(18)14-25-16-11-19-6-7-20-16/h6-7,11,15H,3-5,8-10,12-14H2,1-2H3. The second-order valence-corrected chi connectivity index (χ2v) is 7.36. The molecule has 1 unspecified atom stereocenters. The van der Waals surface area contributed by atoms with Crippen LogP contribution in [-0.4, -0.2) is 79.2 Å². The van der Waals surface area contributed by atoms with E-state index in [2.05, 4.69) is 9.97 Å². The molecule has 3 rings (SSSR count). The predicted molar refractivity (Wildman–Crippen MR) is 93.3 cm³/mol. The molecule has 1 aromatic rings. The molecule has 0 N–H and O–H groups in total. The van der Waals surface area contributed by atoms with Gasteiger partial charge in [-0.3, -0.25) is 9.78 Å². The highest BCUT2D eigenvalue weighted by Gasteiger charge is 2.44. The van der Waals surface area contributed by atoms with Crippen LogP contribution in [0.4, 0.5) is 0 Å². The molecule has 0 saturated carbocycles. The minimum absolute atomic E-state index is 0.204. The van der Waals surface area contributed by atoms with Crippen LogP contribution >= 0.6 is 0 Å². The summed E-state index contributed by atoms with van der Waals surface area (Å²) >= 11 is 0. The Bertz CT molecular complexity index is 559. The van der Waals surface area contributed by atoms with Crippen LogP contribution in [0, 0.1) is 11.3 Å². The van der Waals surface area contributed by atoms with Crippen LogP contribution in [0.2, 0.25) is 0 Å². The summed E-state index contributed by atoms with van der Waals surface area (Å²) in [7, 11) is 3.86. The van der Waals surface area contributed by atoms with Crippen molar-refractivity contribution in [2.24, 2.45) is 11.3 Å². The average molecular weight is 348 g/mol. The zero-order valence-electron chi connectivity index (χ0n) is 15.2. The van der Waals surface area contributed by atoms with Gasteiger partial charge in [-0.2, -0.15) is 0 Å². The number of hydrogen-bond acceptors (Lipinski definition) is 6. The molecule has 0 radical (unpaired) electrons. The molecular weight excluding hydrogens is 320 g/mol. The first-order chi connectivity index (χ1) is 12.1. The SMILES string of the molecule is CN(C)CC(=O)N1CCC2(CCOCC2COc2cnccn2)CC1. The molecular formula is C18H28N4O3. The Kier molecular flexibility index (Phi) is 5.86. The normalized spacial score (nSPS) is 23.0. The Morgan fingerprint density at radius 3 is 2.84 bits per heavy atom. The van der Waals surface area contributed by atoms with Gasteiger partial charge in [0.25, 0.3) is 0 Å². The first-order valence-corrected chi connectivity index (χ1v) is 8.98. The first kappa shape index (κ1) is 18.1. The number of hydrogen-bond donors (Lipinski definition) is 0. The van der Waals surface area contributed by atoms with Crippen LogP contribution in [0.3, 0.4) is 0 Å². The Morgan fingerprint density at radius 1 is 1.36 bits per heavy atom. The minimum Gasteiger partial charge on any atom is -0.476 e. The van der Waals surface area contributed by atoms with E-state index < -0.39 is 0 Å². The van der Waals surface area contributed by atoms with E-state index in [9.17, 15) is 4.79 Å². The van der Waals surface area contributed by atoms with Gasteiger partial charge in [0.15, 0.2) is 0 Å². The molecule has 25 heavy (non-hydrogen) atoms. The molecule has 1 spiro atoms. The number of likely N-dealkylation sites (tertiary alicyclic amines) is 1. The topological polar surface area (TPSA) is 67.8 Å². The number of rotatable bonds is 5. The molecule has 2 saturated heterocycles. The van der Waals surface area contributed by atoms with Crippen molar-refractivity contribution in [3.8, 4) is 5.88 Å². The maximum absolute atomic E-state index is 12.3. The number of piperidine rings is 1. The van der Waals surface area contributed by atoms with E-state index in [0.717, 1.165) is 39.0 Å². The van der Waals surface area contributed by atoms with Crippen LogP contribution in [-0.2, 0) is 9.53 Å². The summed E-state index contributed by atoms with van der Waals surface area (Å²) in [6.45, 7) is 4.24. The van der Waals surface area contributed by atoms with Gasteiger partial charge in [-0.25, -0.2) is 4.98 Å². The number of likely N-dealkylation sites (N-methyl/N-ethyl adjacent to an activating group) is 1. The molecule has 138 valence electrons. The number of carbonyl (C=O) groups is 1. The minimum atomic E-state index is 0.204. The van der Waals surface area contributed by atoms with Gasteiger partial charge < -0.3 is 19.3 Å². The average Bonchev–Trinajstić information content (AvgIpc) is 2.62. The van der Waals surface area contributed by atoms with Crippen LogP contribution in [0.15, 0.2) is 18.6 Å². The molecule has 0 bridgehead atoms. The van der Waals surface area contributed by atoms with Gasteiger partial charge in [0.2, 0.25) is 11.8 Å². The number of ether oxygens (including phenoxy) is 2. The number of carbonyl (C=O) groups excluding carboxylic acids is 1. The van der Waals surface area contributed by atoms with E-state index in [1.54, 1.807) is 18.6 Å². The summed E-state index contributed by atoms with van der Waals surface area (Å²) in [5.74, 6) is 1.11. The van der Waals surface area contributed by atoms with Crippen molar-refractivity contribution in [1.82, 2.24) is 19.8 Å². The summed E-state index contributed by atoms with van der Waals surface area (Å²) in [5, 5.41) is 0. The molecule has 2 aliphatic heterocycles. The lowest BCUT2D eigenvalue weighted by Crippen LogP contribution is -2.52. The van der Waals surface area contributed by atoms with Crippen LogP contribution in [0.5, 0.6) is 5.88 Å². The smallest absolute Gasteiger partial charge is 0.236 e. The fourth-order valence-corrected chi connectivity index (χ4v) is 3.88. The summed E-state index contributed by atoms with van der Waals surface area (Å²) in [6.07, 6.45) is 7.99. The molecule has 0 aromatic carbocycles. The lowest BCUT2D eigenvalue weighted by atomic mass is 9.66. The number of nitrogens with zero attached hydrogens (tertiary/aromatic N) is 4. The van der Waals surface area contributed by atoms with Crippen molar-refractivity contribution >= 4 is 5.91 Å². The van der Waals surface area contributed by atoms with Gasteiger partial charge in [-0.05, 0) is 38.8 Å². The van der Waals surface area contributed by atoms with Crippen LogP contribution < -0.4 is 4.74 Å². The second kappa shape index (κ2) is 8.10. The van der Waals surface area contributed by atoms with E-state index in [4.69, 9.17) is 9.47 Å². The molecule has 7 heteroatoms. The maximum atomic E-state index is 12.3. The van der Waals surface area contributed by atoms with E-state index >= 15 is 0 Å². The lowest BCUT2D eigenvalue weighted by Gasteiger charge is -2.48. The van der Waals surface area contributed by atoms with E-state index in [0.29, 0.717) is 31.6 Å². The maximum Gasteiger partial charge on any atom is 0.236 e. The number of aromatic nitrogens is 2. The summed E-state index contributed by atoms with van der Waals surface area (Å²) in [4.78, 5) is 24.4. The van der Waals surface area contributed by atoms with Crippen LogP contribution in [0.25, 0.3) is 0 Å². The third-order valence-electron chi connectivity index (χ3n) is 5.46. The summed E-state index contributed by atoms with van der Waals surface area (Å²) in [5.41, 5.74) is 0.204. The zero-order valence-corrected chi connectivity index (χ0v) is 15.2. The molecule has 7 nitrogen and oxygen atoms in total. The van der Waals surface area contributed by atoms with Gasteiger partial charge >= 0.3 is 0 Å². The molecule has 2 aliphatic rings. The summed E-state index contributed by atoms with van der Waals surface area (Å²) < 4.78 is 11.6. The van der Waals surface area contributed by atoms with Gasteiger partial charge in [-0.15, -0.1) is 0 Å². The van der Waals surface area contributed by atoms with Gasteiger partial charge in [0.1, 0.15) is 0 Å². The predicted octanol–water partition coefficient (Wildman–Crippen LogP) is 1.06. The van der Waals surface area contributed by atoms with E-state index in [1.807, 2.05) is 23.9 Å². The fraction of sp³-hybridized carbons (Fsp3) is 0.722. The zero-order chi connectivity index (χ0) is 17.7. The van der Waals surface area contributed by atoms with Crippen molar-refractivity contribution < 1.29 is 14.3 Å². The highest BCUT2D eigenvalue weighted by molar-refractivity contribution is 5.78. The monoisotopic (exact) mass is 348 g/mol. The van der Waals surface area contributed by atoms with Crippen molar-refractivity contribution in [3.05, 3.63) is 18.6 Å². The van der Waals surface area contributed by atoms with E-state index in [1.165, 1.54) is 0 Å². The second-order valence-electron chi connectivity index (χ2n) is 7.36. The Labute approximate surface area is 149 Å². The lowest BCUT2D eigenvalue weighted by molar-refractivity contribution is -0.138. The largest absolute Gasteiger partial charge is 0.476 e. The molecule has 1 amide bonds. The Hall–Kier alpha value is -1.73. The van der Waals surface area contributed by atoms with Crippen LogP contribution in [0.1, 0.15) is 19.3 Å². The van der Waals surface area contributed by atoms with Crippen molar-refractivity contribution in [1.29, 1.82) is 0 Å². The summed E-state index contributed by atoms with van der Waals surface area (Å²) in [6, 6.07) is 0. The highest BCUT2D eigenvalue weighted by atomic mass is 16.5. The van der Waals surface area contributed by atoms with Gasteiger partial charge in [-0.1, -0.05) is 0 Å². The molecule has 1 aromatic heterocycles.